The van der Waals surface area contributed by atoms with Crippen LogP contribution in [0.1, 0.15) is 12.8 Å². The zero-order valence-electron chi connectivity index (χ0n) is 13.1. The van der Waals surface area contributed by atoms with Gasteiger partial charge in [-0.3, -0.25) is 4.90 Å². The van der Waals surface area contributed by atoms with Gasteiger partial charge < -0.3 is 15.0 Å². The topological polar surface area (TPSA) is 53.5 Å². The summed E-state index contributed by atoms with van der Waals surface area (Å²) >= 11 is 6.18. The molecule has 122 valence electrons. The van der Waals surface area contributed by atoms with Crippen LogP contribution in [-0.4, -0.2) is 67.9 Å². The molecule has 0 bridgehead atoms. The van der Waals surface area contributed by atoms with Crippen molar-refractivity contribution in [2.75, 3.05) is 63.2 Å². The Labute approximate surface area is 136 Å². The lowest BCUT2D eigenvalue weighted by molar-refractivity contribution is 0.0296. The molecule has 1 atom stereocenters. The van der Waals surface area contributed by atoms with Crippen molar-refractivity contribution in [3.05, 3.63) is 11.5 Å². The molecule has 2 fully saturated rings. The largest absolute Gasteiger partial charge is 0.383 e. The average Bonchev–Trinajstić information content (AvgIpc) is 2.56. The second-order valence-corrected chi connectivity index (χ2v) is 6.34. The second-order valence-electron chi connectivity index (χ2n) is 5.98. The molecule has 22 heavy (non-hydrogen) atoms. The van der Waals surface area contributed by atoms with Crippen molar-refractivity contribution >= 4 is 23.1 Å². The first-order valence-electron chi connectivity index (χ1n) is 8.01. The lowest BCUT2D eigenvalue weighted by Gasteiger charge is -2.37. The Morgan fingerprint density at radius 1 is 1.32 bits per heavy atom. The lowest BCUT2D eigenvalue weighted by Crippen LogP contribution is -2.44. The molecule has 0 aromatic carbocycles. The molecule has 7 heteroatoms. The summed E-state index contributed by atoms with van der Waals surface area (Å²) in [5.41, 5.74) is 0.830. The molecule has 0 aliphatic carbocycles. The number of piperidine rings is 1. The van der Waals surface area contributed by atoms with Crippen LogP contribution in [0.25, 0.3) is 0 Å². The number of morpholine rings is 1. The fourth-order valence-corrected chi connectivity index (χ4v) is 3.59. The van der Waals surface area contributed by atoms with Gasteiger partial charge in [0.2, 0.25) is 0 Å². The van der Waals surface area contributed by atoms with Gasteiger partial charge in [0, 0.05) is 39.8 Å². The van der Waals surface area contributed by atoms with Gasteiger partial charge in [0.25, 0.3) is 0 Å². The number of hydrogen-bond donors (Lipinski definition) is 1. The molecule has 0 saturated carbocycles. The van der Waals surface area contributed by atoms with Crippen molar-refractivity contribution in [2.45, 2.75) is 12.8 Å². The van der Waals surface area contributed by atoms with E-state index >= 15 is 0 Å². The first-order valence-corrected chi connectivity index (χ1v) is 8.39. The Morgan fingerprint density at radius 3 is 2.91 bits per heavy atom. The van der Waals surface area contributed by atoms with Crippen LogP contribution in [0, 0.1) is 5.92 Å². The van der Waals surface area contributed by atoms with Crippen LogP contribution in [0.2, 0.25) is 5.15 Å². The molecule has 0 radical (unpaired) electrons. The minimum atomic E-state index is 0.489. The van der Waals surface area contributed by atoms with E-state index in [1.54, 1.807) is 6.33 Å². The van der Waals surface area contributed by atoms with E-state index in [2.05, 4.69) is 25.1 Å². The van der Waals surface area contributed by atoms with E-state index in [0.29, 0.717) is 11.1 Å². The Morgan fingerprint density at radius 2 is 2.14 bits per heavy atom. The number of halogens is 1. The van der Waals surface area contributed by atoms with Crippen LogP contribution in [0.15, 0.2) is 6.33 Å². The number of hydrogen-bond acceptors (Lipinski definition) is 6. The van der Waals surface area contributed by atoms with Gasteiger partial charge >= 0.3 is 0 Å². The smallest absolute Gasteiger partial charge is 0.157 e. The van der Waals surface area contributed by atoms with E-state index in [0.717, 1.165) is 57.4 Å². The van der Waals surface area contributed by atoms with Gasteiger partial charge in [0.15, 0.2) is 11.0 Å². The minimum absolute atomic E-state index is 0.489. The maximum absolute atomic E-state index is 6.18. The number of aromatic nitrogens is 2. The number of ether oxygens (including phenoxy) is 1. The molecular formula is C15H24ClN5O. The molecule has 3 rings (SSSR count). The Hall–Kier alpha value is -1.11. The van der Waals surface area contributed by atoms with Crippen LogP contribution in [-0.2, 0) is 4.74 Å². The summed E-state index contributed by atoms with van der Waals surface area (Å²) in [6, 6.07) is 0. The Bertz CT molecular complexity index is 495. The summed E-state index contributed by atoms with van der Waals surface area (Å²) in [7, 11) is 1.86. The van der Waals surface area contributed by atoms with Crippen molar-refractivity contribution in [3.63, 3.8) is 0 Å². The van der Waals surface area contributed by atoms with Crippen LogP contribution >= 0.6 is 11.6 Å². The second kappa shape index (κ2) is 7.44. The van der Waals surface area contributed by atoms with E-state index < -0.39 is 0 Å². The van der Waals surface area contributed by atoms with Crippen molar-refractivity contribution in [1.29, 1.82) is 0 Å². The first kappa shape index (κ1) is 15.8. The summed E-state index contributed by atoms with van der Waals surface area (Å²) in [5, 5.41) is 3.62. The molecule has 1 aromatic heterocycles. The molecule has 2 saturated heterocycles. The van der Waals surface area contributed by atoms with Crippen molar-refractivity contribution < 1.29 is 4.74 Å². The molecule has 2 aliphatic rings. The molecule has 2 aliphatic heterocycles. The lowest BCUT2D eigenvalue weighted by atomic mass is 9.97. The molecule has 6 nitrogen and oxygen atoms in total. The van der Waals surface area contributed by atoms with Crippen LogP contribution in [0.3, 0.4) is 0 Å². The Balaban J connectivity index is 1.66. The summed E-state index contributed by atoms with van der Waals surface area (Å²) < 4.78 is 5.43. The van der Waals surface area contributed by atoms with Crippen LogP contribution in [0.5, 0.6) is 0 Å². The highest BCUT2D eigenvalue weighted by molar-refractivity contribution is 6.32. The predicted octanol–water partition coefficient (Wildman–Crippen LogP) is 1.72. The number of rotatable bonds is 4. The molecule has 1 aromatic rings. The summed E-state index contributed by atoms with van der Waals surface area (Å²) in [6.07, 6.45) is 4.02. The van der Waals surface area contributed by atoms with Crippen LogP contribution < -0.4 is 10.2 Å². The van der Waals surface area contributed by atoms with Gasteiger partial charge in [-0.15, -0.1) is 0 Å². The number of anilines is 2. The predicted molar refractivity (Wildman–Crippen MR) is 88.8 cm³/mol. The molecule has 3 heterocycles. The van der Waals surface area contributed by atoms with Gasteiger partial charge in [0.05, 0.1) is 13.2 Å². The van der Waals surface area contributed by atoms with E-state index in [9.17, 15) is 0 Å². The molecule has 0 amide bonds. The Kier molecular flexibility index (Phi) is 5.33. The average molecular weight is 326 g/mol. The normalized spacial score (nSPS) is 23.5. The van der Waals surface area contributed by atoms with Crippen molar-refractivity contribution in [3.8, 4) is 0 Å². The van der Waals surface area contributed by atoms with E-state index in [-0.39, 0.29) is 0 Å². The zero-order valence-corrected chi connectivity index (χ0v) is 13.8. The van der Waals surface area contributed by atoms with Gasteiger partial charge in [-0.05, 0) is 18.8 Å². The monoisotopic (exact) mass is 325 g/mol. The highest BCUT2D eigenvalue weighted by Crippen LogP contribution is 2.31. The summed E-state index contributed by atoms with van der Waals surface area (Å²) in [6.45, 7) is 7.04. The fraction of sp³-hybridized carbons (Fsp3) is 0.733. The quantitative estimate of drug-likeness (QED) is 0.851. The SMILES string of the molecule is CNc1c(Cl)ncnc1N1CCCC(CN2CCOCC2)C1. The molecule has 0 spiro atoms. The first-order chi connectivity index (χ1) is 10.8. The fourth-order valence-electron chi connectivity index (χ4n) is 3.37. The number of nitrogens with one attached hydrogen (secondary N) is 1. The standard InChI is InChI=1S/C15H24ClN5O/c1-17-13-14(16)18-11-19-15(13)21-4-2-3-12(10-21)9-20-5-7-22-8-6-20/h11-12,17H,2-10H2,1H3. The highest BCUT2D eigenvalue weighted by atomic mass is 35.5. The minimum Gasteiger partial charge on any atom is -0.383 e. The van der Waals surface area contributed by atoms with Gasteiger partial charge in [-0.2, -0.15) is 0 Å². The number of nitrogens with zero attached hydrogens (tertiary/aromatic N) is 4. The third kappa shape index (κ3) is 3.62. The maximum atomic E-state index is 6.18. The van der Waals surface area contributed by atoms with E-state index in [1.807, 2.05) is 7.05 Å². The molecular weight excluding hydrogens is 302 g/mol. The summed E-state index contributed by atoms with van der Waals surface area (Å²) in [4.78, 5) is 13.4. The third-order valence-electron chi connectivity index (χ3n) is 4.47. The van der Waals surface area contributed by atoms with Gasteiger partial charge in [-0.25, -0.2) is 9.97 Å². The maximum Gasteiger partial charge on any atom is 0.157 e. The van der Waals surface area contributed by atoms with Crippen LogP contribution in [0.4, 0.5) is 11.5 Å². The van der Waals surface area contributed by atoms with Crippen molar-refractivity contribution in [1.82, 2.24) is 14.9 Å². The molecule has 1 N–H and O–H groups in total. The van der Waals surface area contributed by atoms with Crippen molar-refractivity contribution in [2.24, 2.45) is 5.92 Å². The van der Waals surface area contributed by atoms with Gasteiger partial charge in [-0.1, -0.05) is 11.6 Å². The van der Waals surface area contributed by atoms with E-state index in [4.69, 9.17) is 16.3 Å². The molecule has 1 unspecified atom stereocenters. The van der Waals surface area contributed by atoms with Gasteiger partial charge in [0.1, 0.15) is 12.0 Å². The van der Waals surface area contributed by atoms with E-state index in [1.165, 1.54) is 12.8 Å². The highest BCUT2D eigenvalue weighted by Gasteiger charge is 2.25. The summed E-state index contributed by atoms with van der Waals surface area (Å²) in [5.74, 6) is 1.60. The third-order valence-corrected chi connectivity index (χ3v) is 4.76. The zero-order chi connectivity index (χ0) is 15.4.